The number of allylic oxidation sites excluding steroid dienone is 3. The van der Waals surface area contributed by atoms with E-state index in [1.165, 1.54) is 0 Å². The van der Waals surface area contributed by atoms with Crippen molar-refractivity contribution < 1.29 is 0 Å². The molecule has 2 N–H and O–H groups in total. The Morgan fingerprint density at radius 2 is 2.00 bits per heavy atom. The van der Waals surface area contributed by atoms with Crippen LogP contribution in [0.5, 0.6) is 0 Å². The molecule has 0 rings (SSSR count). The quantitative estimate of drug-likeness (QED) is 0.614. The van der Waals surface area contributed by atoms with Gasteiger partial charge in [-0.25, -0.2) is 0 Å². The van der Waals surface area contributed by atoms with Gasteiger partial charge in [-0.1, -0.05) is 44.7 Å². The molecule has 62 valence electrons. The third kappa shape index (κ3) is 5.46. The fraction of sp³-hybridized carbons (Fsp3) is 0.400. The van der Waals surface area contributed by atoms with E-state index in [0.29, 0.717) is 11.6 Å². The van der Waals surface area contributed by atoms with Crippen molar-refractivity contribution in [3.8, 4) is 0 Å². The van der Waals surface area contributed by atoms with Crippen molar-refractivity contribution in [2.45, 2.75) is 20.3 Å². The summed E-state index contributed by atoms with van der Waals surface area (Å²) in [5.41, 5.74) is 7.20. The first kappa shape index (κ1) is 10.0. The monoisotopic (exact) mass is 151 g/mol. The van der Waals surface area contributed by atoms with Crippen molar-refractivity contribution in [1.29, 1.82) is 0 Å². The van der Waals surface area contributed by atoms with Crippen LogP contribution >= 0.6 is 0 Å². The van der Waals surface area contributed by atoms with Gasteiger partial charge in [0.25, 0.3) is 0 Å². The molecule has 0 aliphatic heterocycles. The van der Waals surface area contributed by atoms with Crippen molar-refractivity contribution in [3.05, 3.63) is 36.6 Å². The molecule has 0 amide bonds. The van der Waals surface area contributed by atoms with Gasteiger partial charge in [-0.15, -0.1) is 0 Å². The molecule has 0 saturated heterocycles. The Hall–Kier alpha value is -0.980. The van der Waals surface area contributed by atoms with E-state index in [1.807, 2.05) is 12.2 Å². The van der Waals surface area contributed by atoms with Crippen LogP contribution < -0.4 is 5.73 Å². The molecule has 0 bridgehead atoms. The van der Waals surface area contributed by atoms with Crippen LogP contribution in [0.4, 0.5) is 0 Å². The molecule has 1 heteroatoms. The predicted octanol–water partition coefficient (Wildman–Crippen LogP) is 2.62. The van der Waals surface area contributed by atoms with Crippen LogP contribution in [0.15, 0.2) is 36.6 Å². The molecule has 11 heavy (non-hydrogen) atoms. The maximum Gasteiger partial charge on any atom is 0.00464 e. The largest absolute Gasteiger partial charge is 0.402 e. The van der Waals surface area contributed by atoms with E-state index in [4.69, 9.17) is 5.73 Å². The highest BCUT2D eigenvalue weighted by Gasteiger charge is 1.93. The highest BCUT2D eigenvalue weighted by molar-refractivity contribution is 5.17. The van der Waals surface area contributed by atoms with Crippen LogP contribution in [0.25, 0.3) is 0 Å². The van der Waals surface area contributed by atoms with Crippen LogP contribution in [0.1, 0.15) is 20.3 Å². The maximum atomic E-state index is 5.38. The molecule has 0 aliphatic carbocycles. The molecule has 0 aliphatic rings. The van der Waals surface area contributed by atoms with Crippen molar-refractivity contribution in [2.75, 3.05) is 0 Å². The number of rotatable bonds is 4. The summed E-state index contributed by atoms with van der Waals surface area (Å²) in [5, 5.41) is 0. The molecule has 0 aromatic rings. The van der Waals surface area contributed by atoms with Crippen molar-refractivity contribution in [3.63, 3.8) is 0 Å². The lowest BCUT2D eigenvalue weighted by Gasteiger charge is -2.02. The Morgan fingerprint density at radius 3 is 2.36 bits per heavy atom. The van der Waals surface area contributed by atoms with Crippen LogP contribution in [0.2, 0.25) is 0 Å². The number of hydrogen-bond donors (Lipinski definition) is 1. The first-order valence-corrected chi connectivity index (χ1v) is 3.82. The summed E-state index contributed by atoms with van der Waals surface area (Å²) >= 11 is 0. The third-order valence-electron chi connectivity index (χ3n) is 1.45. The van der Waals surface area contributed by atoms with E-state index in [2.05, 4.69) is 27.0 Å². The summed E-state index contributed by atoms with van der Waals surface area (Å²) in [7, 11) is 0. The molecule has 0 saturated carbocycles. The van der Waals surface area contributed by atoms with Gasteiger partial charge in [0.2, 0.25) is 0 Å². The van der Waals surface area contributed by atoms with E-state index in [9.17, 15) is 0 Å². The SMILES string of the molecule is C=C(N)C/C=C\C(=C)C(C)C. The van der Waals surface area contributed by atoms with Gasteiger partial charge in [-0.3, -0.25) is 0 Å². The van der Waals surface area contributed by atoms with Gasteiger partial charge in [0, 0.05) is 12.1 Å². The van der Waals surface area contributed by atoms with E-state index in [0.717, 1.165) is 12.0 Å². The fourth-order valence-corrected chi connectivity index (χ4v) is 0.554. The number of hydrogen-bond acceptors (Lipinski definition) is 1. The molecule has 0 atom stereocenters. The number of nitrogens with two attached hydrogens (primary N) is 1. The van der Waals surface area contributed by atoms with Crippen molar-refractivity contribution in [1.82, 2.24) is 0 Å². The lowest BCUT2D eigenvalue weighted by Crippen LogP contribution is -1.92. The summed E-state index contributed by atoms with van der Waals surface area (Å²) in [6.07, 6.45) is 4.74. The molecule has 0 radical (unpaired) electrons. The first-order valence-electron chi connectivity index (χ1n) is 3.82. The van der Waals surface area contributed by atoms with Gasteiger partial charge in [0.1, 0.15) is 0 Å². The molecule has 0 unspecified atom stereocenters. The molecule has 0 spiro atoms. The zero-order valence-corrected chi connectivity index (χ0v) is 7.43. The second kappa shape index (κ2) is 4.78. The van der Waals surface area contributed by atoms with Gasteiger partial charge in [0.15, 0.2) is 0 Å². The Morgan fingerprint density at radius 1 is 1.45 bits per heavy atom. The fourth-order valence-electron chi connectivity index (χ4n) is 0.554. The van der Waals surface area contributed by atoms with Crippen LogP contribution in [0, 0.1) is 5.92 Å². The van der Waals surface area contributed by atoms with E-state index in [1.54, 1.807) is 0 Å². The Bertz CT molecular complexity index is 175. The van der Waals surface area contributed by atoms with Crippen LogP contribution in [-0.4, -0.2) is 0 Å². The summed E-state index contributed by atoms with van der Waals surface area (Å²) < 4.78 is 0. The topological polar surface area (TPSA) is 26.0 Å². The molecule has 1 nitrogen and oxygen atoms in total. The predicted molar refractivity (Wildman–Crippen MR) is 51.1 cm³/mol. The average Bonchev–Trinajstić information content (AvgIpc) is 1.86. The second-order valence-corrected chi connectivity index (χ2v) is 2.99. The van der Waals surface area contributed by atoms with Crippen LogP contribution in [0.3, 0.4) is 0 Å². The van der Waals surface area contributed by atoms with E-state index < -0.39 is 0 Å². The minimum Gasteiger partial charge on any atom is -0.402 e. The minimum atomic E-state index is 0.511. The zero-order chi connectivity index (χ0) is 8.85. The normalized spacial score (nSPS) is 10.8. The Kier molecular flexibility index (Phi) is 4.35. The molecule has 0 aromatic heterocycles. The molecular formula is C10H17N. The summed E-state index contributed by atoms with van der Waals surface area (Å²) in [5.74, 6) is 0.511. The van der Waals surface area contributed by atoms with Gasteiger partial charge >= 0.3 is 0 Å². The second-order valence-electron chi connectivity index (χ2n) is 2.99. The maximum absolute atomic E-state index is 5.38. The van der Waals surface area contributed by atoms with E-state index >= 15 is 0 Å². The van der Waals surface area contributed by atoms with Gasteiger partial charge < -0.3 is 5.73 Å². The third-order valence-corrected chi connectivity index (χ3v) is 1.45. The van der Waals surface area contributed by atoms with Gasteiger partial charge in [-0.05, 0) is 5.92 Å². The molecule has 0 fully saturated rings. The summed E-state index contributed by atoms with van der Waals surface area (Å²) in [4.78, 5) is 0. The van der Waals surface area contributed by atoms with Crippen molar-refractivity contribution >= 4 is 0 Å². The average molecular weight is 151 g/mol. The molecular weight excluding hydrogens is 134 g/mol. The summed E-state index contributed by atoms with van der Waals surface area (Å²) in [6.45, 7) is 11.7. The van der Waals surface area contributed by atoms with E-state index in [-0.39, 0.29) is 0 Å². The zero-order valence-electron chi connectivity index (χ0n) is 7.43. The smallest absolute Gasteiger partial charge is 0.00464 e. The minimum absolute atomic E-state index is 0.511. The summed E-state index contributed by atoms with van der Waals surface area (Å²) in [6, 6.07) is 0. The van der Waals surface area contributed by atoms with Crippen molar-refractivity contribution in [2.24, 2.45) is 11.7 Å². The highest BCUT2D eigenvalue weighted by Crippen LogP contribution is 2.08. The highest BCUT2D eigenvalue weighted by atomic mass is 14.5. The lowest BCUT2D eigenvalue weighted by atomic mass is 10.0. The lowest BCUT2D eigenvalue weighted by molar-refractivity contribution is 0.794. The van der Waals surface area contributed by atoms with Gasteiger partial charge in [-0.2, -0.15) is 0 Å². The van der Waals surface area contributed by atoms with Gasteiger partial charge in [0.05, 0.1) is 0 Å². The first-order chi connectivity index (χ1) is 5.04. The standard InChI is InChI=1S/C10H17N/c1-8(2)9(3)6-5-7-10(4)11/h5-6,8H,3-4,7,11H2,1-2H3/b6-5-. The Balaban J connectivity index is 3.75. The molecule has 0 heterocycles. The van der Waals surface area contributed by atoms with Crippen LogP contribution in [-0.2, 0) is 0 Å². The Labute approximate surface area is 69.3 Å². The molecule has 0 aromatic carbocycles.